The largest absolute Gasteiger partial charge is 0.480 e. The van der Waals surface area contributed by atoms with Crippen LogP contribution >= 0.6 is 0 Å². The lowest BCUT2D eigenvalue weighted by atomic mass is 10.1. The summed E-state index contributed by atoms with van der Waals surface area (Å²) in [6.07, 6.45) is 4.51. The number of carbonyl (C=O) groups is 2. The van der Waals surface area contributed by atoms with Crippen molar-refractivity contribution in [2.75, 3.05) is 5.75 Å². The minimum atomic E-state index is -3.56. The Bertz CT molecular complexity index is 742. The number of unbranched alkanes of at least 4 members (excludes halogenated alkanes) is 1. The molecule has 0 radical (unpaired) electrons. The van der Waals surface area contributed by atoms with Crippen LogP contribution in [0.2, 0.25) is 0 Å². The fourth-order valence-corrected chi connectivity index (χ4v) is 4.31. The molecular formula is C18H25NO5S. The molecule has 0 saturated heterocycles. The molecule has 7 heteroatoms. The van der Waals surface area contributed by atoms with Gasteiger partial charge < -0.3 is 10.4 Å². The van der Waals surface area contributed by atoms with E-state index in [4.69, 9.17) is 5.11 Å². The van der Waals surface area contributed by atoms with Gasteiger partial charge in [-0.1, -0.05) is 25.8 Å². The van der Waals surface area contributed by atoms with E-state index < -0.39 is 27.8 Å². The van der Waals surface area contributed by atoms with Crippen molar-refractivity contribution in [1.29, 1.82) is 0 Å². The van der Waals surface area contributed by atoms with E-state index in [9.17, 15) is 18.0 Å². The van der Waals surface area contributed by atoms with Crippen molar-refractivity contribution in [3.8, 4) is 0 Å². The number of carboxylic acid groups (broad SMARTS) is 1. The molecule has 138 valence electrons. The van der Waals surface area contributed by atoms with E-state index in [1.54, 1.807) is 12.1 Å². The van der Waals surface area contributed by atoms with Crippen molar-refractivity contribution in [1.82, 2.24) is 5.32 Å². The minimum absolute atomic E-state index is 0.238. The van der Waals surface area contributed by atoms with Crippen molar-refractivity contribution in [2.24, 2.45) is 0 Å². The van der Waals surface area contributed by atoms with Crippen LogP contribution in [0, 0.1) is 0 Å². The van der Waals surface area contributed by atoms with E-state index in [-0.39, 0.29) is 17.1 Å². The highest BCUT2D eigenvalue weighted by molar-refractivity contribution is 7.91. The highest BCUT2D eigenvalue weighted by atomic mass is 32.2. The van der Waals surface area contributed by atoms with Gasteiger partial charge in [-0.3, -0.25) is 4.79 Å². The van der Waals surface area contributed by atoms with E-state index >= 15 is 0 Å². The molecule has 0 aliphatic heterocycles. The second kappa shape index (κ2) is 8.47. The molecule has 1 aromatic rings. The number of amides is 1. The van der Waals surface area contributed by atoms with Crippen LogP contribution in [-0.4, -0.2) is 37.2 Å². The Morgan fingerprint density at radius 1 is 1.24 bits per heavy atom. The van der Waals surface area contributed by atoms with E-state index in [0.717, 1.165) is 31.2 Å². The molecule has 0 spiro atoms. The van der Waals surface area contributed by atoms with Crippen molar-refractivity contribution in [3.63, 3.8) is 0 Å². The summed E-state index contributed by atoms with van der Waals surface area (Å²) in [5.41, 5.74) is 2.26. The summed E-state index contributed by atoms with van der Waals surface area (Å²) in [4.78, 5) is 23.3. The monoisotopic (exact) mass is 367 g/mol. The van der Waals surface area contributed by atoms with Gasteiger partial charge in [0.25, 0.3) is 0 Å². The molecule has 0 heterocycles. The van der Waals surface area contributed by atoms with Gasteiger partial charge in [0.1, 0.15) is 6.04 Å². The maximum absolute atomic E-state index is 12.4. The zero-order valence-corrected chi connectivity index (χ0v) is 15.3. The van der Waals surface area contributed by atoms with E-state index in [0.29, 0.717) is 12.8 Å². The predicted molar refractivity (Wildman–Crippen MR) is 94.2 cm³/mol. The Kier molecular flexibility index (Phi) is 6.58. The van der Waals surface area contributed by atoms with Crippen molar-refractivity contribution in [2.45, 2.75) is 62.8 Å². The third kappa shape index (κ3) is 5.29. The molecule has 0 fully saturated rings. The molecule has 0 aromatic heterocycles. The summed E-state index contributed by atoms with van der Waals surface area (Å²) in [5, 5.41) is 11.5. The number of sulfone groups is 1. The van der Waals surface area contributed by atoms with Crippen LogP contribution in [0.15, 0.2) is 23.1 Å². The predicted octanol–water partition coefficient (Wildman–Crippen LogP) is 2.10. The highest BCUT2D eigenvalue weighted by Gasteiger charge is 2.22. The molecular weight excluding hydrogens is 342 g/mol. The first kappa shape index (κ1) is 19.4. The van der Waals surface area contributed by atoms with Crippen molar-refractivity contribution in [3.05, 3.63) is 29.3 Å². The molecule has 1 amide bonds. The Morgan fingerprint density at radius 2 is 1.96 bits per heavy atom. The summed E-state index contributed by atoms with van der Waals surface area (Å²) in [6.45, 7) is 1.93. The van der Waals surface area contributed by atoms with E-state index in [1.165, 1.54) is 5.56 Å². The molecule has 6 nitrogen and oxygen atoms in total. The quantitative estimate of drug-likeness (QED) is 0.696. The van der Waals surface area contributed by atoms with Crippen molar-refractivity contribution < 1.29 is 23.1 Å². The van der Waals surface area contributed by atoms with Crippen LogP contribution in [0.4, 0.5) is 0 Å². The Balaban J connectivity index is 1.94. The number of rotatable bonds is 9. The second-order valence-corrected chi connectivity index (χ2v) is 8.56. The standard InChI is InChI=1S/C18H25NO5S/c1-2-3-7-16(18(21)22)19-17(20)10-11-25(23,24)15-9-8-13-5-4-6-14(13)12-15/h8-9,12,16H,2-7,10-11H2,1H3,(H,19,20)(H,21,22). The zero-order valence-electron chi connectivity index (χ0n) is 14.5. The van der Waals surface area contributed by atoms with Crippen molar-refractivity contribution >= 4 is 21.7 Å². The maximum atomic E-state index is 12.4. The normalized spacial score (nSPS) is 14.8. The zero-order chi connectivity index (χ0) is 18.4. The van der Waals surface area contributed by atoms with Crippen LogP contribution in [0.25, 0.3) is 0 Å². The second-order valence-electron chi connectivity index (χ2n) is 6.45. The molecule has 0 bridgehead atoms. The van der Waals surface area contributed by atoms with Crippen LogP contribution in [0.1, 0.15) is 50.2 Å². The average molecular weight is 367 g/mol. The van der Waals surface area contributed by atoms with Crippen LogP contribution in [-0.2, 0) is 32.3 Å². The summed E-state index contributed by atoms with van der Waals surface area (Å²) in [5.74, 6) is -1.96. The first-order valence-corrected chi connectivity index (χ1v) is 10.4. The first-order chi connectivity index (χ1) is 11.8. The van der Waals surface area contributed by atoms with Gasteiger partial charge in [-0.2, -0.15) is 0 Å². The molecule has 1 aliphatic carbocycles. The lowest BCUT2D eigenvalue weighted by Crippen LogP contribution is -2.41. The number of carboxylic acids is 1. The SMILES string of the molecule is CCCCC(NC(=O)CCS(=O)(=O)c1ccc2c(c1)CCC2)C(=O)O. The third-order valence-electron chi connectivity index (χ3n) is 4.51. The molecule has 25 heavy (non-hydrogen) atoms. The fourth-order valence-electron chi connectivity index (χ4n) is 3.02. The summed E-state index contributed by atoms with van der Waals surface area (Å²) < 4.78 is 24.9. The number of carbonyl (C=O) groups excluding carboxylic acids is 1. The third-order valence-corrected chi connectivity index (χ3v) is 6.22. The number of aliphatic carboxylic acids is 1. The lowest BCUT2D eigenvalue weighted by Gasteiger charge is -2.14. The number of hydrogen-bond donors (Lipinski definition) is 2. The number of benzene rings is 1. The van der Waals surface area contributed by atoms with Gasteiger partial charge in [0.05, 0.1) is 10.6 Å². The Morgan fingerprint density at radius 3 is 2.64 bits per heavy atom. The maximum Gasteiger partial charge on any atom is 0.326 e. The number of hydrogen-bond acceptors (Lipinski definition) is 4. The molecule has 2 N–H and O–H groups in total. The number of nitrogens with one attached hydrogen (secondary N) is 1. The number of fused-ring (bicyclic) bond motifs is 1. The highest BCUT2D eigenvalue weighted by Crippen LogP contribution is 2.25. The van der Waals surface area contributed by atoms with Crippen LogP contribution in [0.3, 0.4) is 0 Å². The lowest BCUT2D eigenvalue weighted by molar-refractivity contribution is -0.142. The molecule has 0 saturated carbocycles. The van der Waals surface area contributed by atoms with Gasteiger partial charge in [0.15, 0.2) is 9.84 Å². The van der Waals surface area contributed by atoms with Gasteiger partial charge >= 0.3 is 5.97 Å². The molecule has 1 atom stereocenters. The molecule has 1 aromatic carbocycles. The average Bonchev–Trinajstić information content (AvgIpc) is 3.04. The first-order valence-electron chi connectivity index (χ1n) is 8.70. The van der Waals surface area contributed by atoms with Crippen LogP contribution in [0.5, 0.6) is 0 Å². The van der Waals surface area contributed by atoms with Gasteiger partial charge in [-0.15, -0.1) is 0 Å². The van der Waals surface area contributed by atoms with Gasteiger partial charge in [-0.25, -0.2) is 13.2 Å². The molecule has 1 aliphatic rings. The smallest absolute Gasteiger partial charge is 0.326 e. The summed E-state index contributed by atoms with van der Waals surface area (Å²) >= 11 is 0. The Hall–Kier alpha value is -1.89. The van der Waals surface area contributed by atoms with E-state index in [1.807, 2.05) is 13.0 Å². The Labute approximate surface area is 148 Å². The summed E-state index contributed by atoms with van der Waals surface area (Å²) in [6, 6.07) is 4.19. The molecule has 1 unspecified atom stereocenters. The van der Waals surface area contributed by atoms with Gasteiger partial charge in [0, 0.05) is 6.42 Å². The number of aryl methyl sites for hydroxylation is 2. The van der Waals surface area contributed by atoms with Gasteiger partial charge in [-0.05, 0) is 48.9 Å². The topological polar surface area (TPSA) is 101 Å². The minimum Gasteiger partial charge on any atom is -0.480 e. The van der Waals surface area contributed by atoms with Gasteiger partial charge in [0.2, 0.25) is 5.91 Å². The fraction of sp³-hybridized carbons (Fsp3) is 0.556. The molecule has 2 rings (SSSR count). The van der Waals surface area contributed by atoms with Crippen LogP contribution < -0.4 is 5.32 Å². The van der Waals surface area contributed by atoms with E-state index in [2.05, 4.69) is 5.32 Å². The summed E-state index contributed by atoms with van der Waals surface area (Å²) in [7, 11) is -3.56.